The Hall–Kier alpha value is -1.95. The third kappa shape index (κ3) is 1.35. The molecule has 0 fully saturated rings. The predicted octanol–water partition coefficient (Wildman–Crippen LogP) is -0.142. The number of nitrogens with zero attached hydrogens (tertiary/aromatic N) is 1. The number of fused-ring (bicyclic) bond motifs is 1. The van der Waals surface area contributed by atoms with Crippen LogP contribution in [-0.4, -0.2) is 14.7 Å². The zero-order chi connectivity index (χ0) is 11.9. The lowest BCUT2D eigenvalue weighted by atomic mass is 10.1. The van der Waals surface area contributed by atoms with Crippen molar-refractivity contribution < 1.29 is 9.50 Å². The molecule has 0 unspecified atom stereocenters. The van der Waals surface area contributed by atoms with Crippen LogP contribution in [0, 0.1) is 5.82 Å². The Bertz CT molecular complexity index is 672. The molecule has 1 aromatic heterocycles. The minimum atomic E-state index is -0.769. The summed E-state index contributed by atoms with van der Waals surface area (Å²) in [5.41, 5.74) is -1.38. The van der Waals surface area contributed by atoms with Crippen LogP contribution in [-0.2, 0) is 13.7 Å². The van der Waals surface area contributed by atoms with E-state index in [4.69, 9.17) is 5.11 Å². The van der Waals surface area contributed by atoms with E-state index in [9.17, 15) is 14.0 Å². The summed E-state index contributed by atoms with van der Waals surface area (Å²) in [5.74, 6) is -0.769. The molecule has 0 bridgehead atoms. The Morgan fingerprint density at radius 2 is 2.12 bits per heavy atom. The fourth-order valence-electron chi connectivity index (χ4n) is 1.51. The van der Waals surface area contributed by atoms with Crippen molar-refractivity contribution in [2.24, 2.45) is 7.05 Å². The van der Waals surface area contributed by atoms with E-state index in [1.807, 2.05) is 0 Å². The summed E-state index contributed by atoms with van der Waals surface area (Å²) in [6.45, 7) is -0.487. The van der Waals surface area contributed by atoms with E-state index in [1.54, 1.807) is 0 Å². The van der Waals surface area contributed by atoms with Gasteiger partial charge in [-0.1, -0.05) is 6.07 Å². The molecule has 0 aliphatic carbocycles. The van der Waals surface area contributed by atoms with Gasteiger partial charge in [-0.15, -0.1) is 0 Å². The third-order valence-corrected chi connectivity index (χ3v) is 2.46. The van der Waals surface area contributed by atoms with E-state index < -0.39 is 23.7 Å². The molecule has 84 valence electrons. The van der Waals surface area contributed by atoms with Crippen LogP contribution in [0.1, 0.15) is 5.56 Å². The highest BCUT2D eigenvalue weighted by molar-refractivity contribution is 5.78. The van der Waals surface area contributed by atoms with Crippen LogP contribution in [0.2, 0.25) is 0 Å². The molecule has 1 aromatic carbocycles. The van der Waals surface area contributed by atoms with Gasteiger partial charge in [-0.05, 0) is 6.07 Å². The second kappa shape index (κ2) is 3.57. The Labute approximate surface area is 88.8 Å². The highest BCUT2D eigenvalue weighted by atomic mass is 19.1. The number of hydrogen-bond donors (Lipinski definition) is 2. The number of hydrogen-bond acceptors (Lipinski definition) is 3. The number of aliphatic hydroxyl groups excluding tert-OH is 1. The van der Waals surface area contributed by atoms with Gasteiger partial charge in [-0.2, -0.15) is 0 Å². The second-order valence-electron chi connectivity index (χ2n) is 3.41. The zero-order valence-corrected chi connectivity index (χ0v) is 8.45. The van der Waals surface area contributed by atoms with Crippen LogP contribution >= 0.6 is 0 Å². The average molecular weight is 224 g/mol. The molecule has 0 spiro atoms. The maximum atomic E-state index is 13.7. The SMILES string of the molecule is Cn1c(=O)[nH]c2c(F)c(CO)ccc2c1=O. The van der Waals surface area contributed by atoms with Crippen LogP contribution in [0.3, 0.4) is 0 Å². The number of aliphatic hydroxyl groups is 1. The van der Waals surface area contributed by atoms with Gasteiger partial charge in [0.15, 0.2) is 5.82 Å². The summed E-state index contributed by atoms with van der Waals surface area (Å²) in [4.78, 5) is 25.2. The molecule has 0 saturated carbocycles. The van der Waals surface area contributed by atoms with Crippen molar-refractivity contribution >= 4 is 10.9 Å². The van der Waals surface area contributed by atoms with Gasteiger partial charge < -0.3 is 10.1 Å². The molecule has 2 aromatic rings. The molecule has 1 heterocycles. The summed E-state index contributed by atoms with van der Waals surface area (Å²) in [6, 6.07) is 2.69. The lowest BCUT2D eigenvalue weighted by molar-refractivity contribution is 0.276. The second-order valence-corrected chi connectivity index (χ2v) is 3.41. The quantitative estimate of drug-likeness (QED) is 0.707. The van der Waals surface area contributed by atoms with Crippen molar-refractivity contribution in [2.45, 2.75) is 6.61 Å². The molecular formula is C10H9FN2O3. The molecule has 0 aliphatic heterocycles. The Morgan fingerprint density at radius 1 is 1.44 bits per heavy atom. The third-order valence-electron chi connectivity index (χ3n) is 2.46. The van der Waals surface area contributed by atoms with Crippen LogP contribution in [0.25, 0.3) is 10.9 Å². The van der Waals surface area contributed by atoms with E-state index in [1.165, 1.54) is 19.2 Å². The minimum Gasteiger partial charge on any atom is -0.392 e. The van der Waals surface area contributed by atoms with Crippen molar-refractivity contribution in [1.29, 1.82) is 0 Å². The minimum absolute atomic E-state index is 0.0383. The molecule has 2 N–H and O–H groups in total. The molecule has 0 aliphatic rings. The smallest absolute Gasteiger partial charge is 0.328 e. The van der Waals surface area contributed by atoms with Crippen LogP contribution in [0.5, 0.6) is 0 Å². The van der Waals surface area contributed by atoms with Crippen molar-refractivity contribution in [3.8, 4) is 0 Å². The van der Waals surface area contributed by atoms with E-state index in [-0.39, 0.29) is 16.5 Å². The average Bonchev–Trinajstić information content (AvgIpc) is 2.28. The highest BCUT2D eigenvalue weighted by Gasteiger charge is 2.11. The lowest BCUT2D eigenvalue weighted by Gasteiger charge is -2.04. The first-order chi connectivity index (χ1) is 7.56. The standard InChI is InChI=1S/C10H9FN2O3/c1-13-9(15)6-3-2-5(4-14)7(11)8(6)12-10(13)16/h2-3,14H,4H2,1H3,(H,12,16). The largest absolute Gasteiger partial charge is 0.392 e. The van der Waals surface area contributed by atoms with Gasteiger partial charge in [0, 0.05) is 12.6 Å². The van der Waals surface area contributed by atoms with Crippen LogP contribution in [0.4, 0.5) is 4.39 Å². The van der Waals surface area contributed by atoms with Gasteiger partial charge in [-0.3, -0.25) is 9.36 Å². The molecule has 0 radical (unpaired) electrons. The monoisotopic (exact) mass is 224 g/mol. The molecule has 5 nitrogen and oxygen atoms in total. The van der Waals surface area contributed by atoms with Gasteiger partial charge in [0.1, 0.15) is 0 Å². The topological polar surface area (TPSA) is 75.1 Å². The van der Waals surface area contributed by atoms with Crippen LogP contribution < -0.4 is 11.2 Å². The summed E-state index contributed by atoms with van der Waals surface area (Å²) in [5, 5.41) is 8.94. The fourth-order valence-corrected chi connectivity index (χ4v) is 1.51. The molecule has 0 saturated heterocycles. The van der Waals surface area contributed by atoms with Crippen molar-refractivity contribution in [2.75, 3.05) is 0 Å². The first-order valence-corrected chi connectivity index (χ1v) is 4.57. The summed E-state index contributed by atoms with van der Waals surface area (Å²) < 4.78 is 14.5. The molecule has 0 atom stereocenters. The van der Waals surface area contributed by atoms with E-state index in [0.29, 0.717) is 0 Å². The molecule has 16 heavy (non-hydrogen) atoms. The summed E-state index contributed by atoms with van der Waals surface area (Å²) in [6.07, 6.45) is 0. The van der Waals surface area contributed by atoms with Gasteiger partial charge in [-0.25, -0.2) is 9.18 Å². The van der Waals surface area contributed by atoms with E-state index in [0.717, 1.165) is 4.57 Å². The van der Waals surface area contributed by atoms with Gasteiger partial charge in [0.25, 0.3) is 5.56 Å². The molecule has 2 rings (SSSR count). The van der Waals surface area contributed by atoms with Crippen molar-refractivity contribution in [3.63, 3.8) is 0 Å². The number of rotatable bonds is 1. The highest BCUT2D eigenvalue weighted by Crippen LogP contribution is 2.15. The van der Waals surface area contributed by atoms with E-state index in [2.05, 4.69) is 4.98 Å². The van der Waals surface area contributed by atoms with Gasteiger partial charge >= 0.3 is 5.69 Å². The number of halogens is 1. The summed E-state index contributed by atoms with van der Waals surface area (Å²) >= 11 is 0. The number of nitrogens with one attached hydrogen (secondary N) is 1. The lowest BCUT2D eigenvalue weighted by Crippen LogP contribution is -2.32. The first-order valence-electron chi connectivity index (χ1n) is 4.57. The predicted molar refractivity (Wildman–Crippen MR) is 55.7 cm³/mol. The van der Waals surface area contributed by atoms with Crippen LogP contribution in [0.15, 0.2) is 21.7 Å². The Morgan fingerprint density at radius 3 is 2.75 bits per heavy atom. The van der Waals surface area contributed by atoms with Crippen molar-refractivity contribution in [3.05, 3.63) is 44.4 Å². The Kier molecular flexibility index (Phi) is 2.35. The molecule has 6 heteroatoms. The van der Waals surface area contributed by atoms with Gasteiger partial charge in [0.05, 0.1) is 17.5 Å². The normalized spacial score (nSPS) is 10.9. The number of aromatic amines is 1. The number of benzene rings is 1. The number of H-pyrrole nitrogens is 1. The maximum absolute atomic E-state index is 13.7. The maximum Gasteiger partial charge on any atom is 0.328 e. The van der Waals surface area contributed by atoms with Crippen molar-refractivity contribution in [1.82, 2.24) is 9.55 Å². The number of aromatic nitrogens is 2. The Balaban J connectivity index is 3.02. The van der Waals surface area contributed by atoms with E-state index >= 15 is 0 Å². The molecular weight excluding hydrogens is 215 g/mol. The zero-order valence-electron chi connectivity index (χ0n) is 8.45. The van der Waals surface area contributed by atoms with Gasteiger partial charge in [0.2, 0.25) is 0 Å². The summed E-state index contributed by atoms with van der Waals surface area (Å²) in [7, 11) is 1.30. The fraction of sp³-hybridized carbons (Fsp3) is 0.200. The first kappa shape index (κ1) is 10.6. The molecule has 0 amide bonds.